The van der Waals surface area contributed by atoms with Gasteiger partial charge in [-0.25, -0.2) is 0 Å². The summed E-state index contributed by atoms with van der Waals surface area (Å²) in [6, 6.07) is 0. The predicted molar refractivity (Wildman–Crippen MR) is 5.42 cm³/mol. The second kappa shape index (κ2) is 130. The van der Waals surface area contributed by atoms with Crippen molar-refractivity contribution in [2.45, 2.75) is 0 Å². The van der Waals surface area contributed by atoms with Gasteiger partial charge in [-0.1, -0.05) is 0 Å². The average Bonchev–Trinajstić information content (AvgIpc) is 2.09. The largest absolute Gasteiger partial charge is 0.734 e. The molecule has 0 aliphatic rings. The Bertz CT molecular complexity index is 20.5. The molecule has 110 valence electrons. The van der Waals surface area contributed by atoms with Crippen LogP contribution in [0.15, 0.2) is 0 Å². The molecule has 0 aromatic carbocycles. The molecule has 0 fully saturated rings. The number of hydrogen-bond acceptors (Lipinski definition) is 15. The monoisotopic (exact) mass is 342 g/mol. The van der Waals surface area contributed by atoms with E-state index in [4.69, 9.17) is 52.6 Å². The predicted octanol–water partition coefficient (Wildman–Crippen LogP) is -12.2. The second-order valence-electron chi connectivity index (χ2n) is 0.340. The summed E-state index contributed by atoms with van der Waals surface area (Å²) in [5, 5.41) is 87.5. The minimum absolute atomic E-state index is 0. The van der Waals surface area contributed by atoms with E-state index in [0.29, 0.717) is 0 Å². The van der Waals surface area contributed by atoms with E-state index >= 15 is 0 Å². The first-order valence-electron chi connectivity index (χ1n) is 1.67. The third-order valence-corrected chi connectivity index (χ3v) is 0. The zero-order valence-corrected chi connectivity index (χ0v) is 9.81. The zero-order chi connectivity index (χ0) is 13.5. The van der Waals surface area contributed by atoms with Crippen molar-refractivity contribution < 1.29 is 115 Å². The Balaban J connectivity index is -0.0000000143. The fourth-order valence-electron chi connectivity index (χ4n) is 0. The third-order valence-electron chi connectivity index (χ3n) is 0. The molecule has 0 unspecified atom stereocenters. The zero-order valence-electron chi connectivity index (χ0n) is 7.02. The molecule has 15 nitrogen and oxygen atoms in total. The molecule has 0 saturated carbocycles. The maximum absolute atomic E-state index is 7.88. The van der Waals surface area contributed by atoms with Gasteiger partial charge in [0.1, 0.15) is 0 Å². The molecule has 0 heterocycles. The molecule has 0 rings (SSSR count). The Morgan fingerprint density at radius 2 is 0.294 bits per heavy atom. The van der Waals surface area contributed by atoms with Gasteiger partial charge in [-0.15, -0.1) is 0 Å². The molecule has 0 aliphatic heterocycles. The summed E-state index contributed by atoms with van der Waals surface area (Å²) in [6.07, 6.45) is 0. The van der Waals surface area contributed by atoms with Crippen LogP contribution in [0, 0.1) is 0 Å². The maximum atomic E-state index is 7.88. The van der Waals surface area contributed by atoms with E-state index < -0.39 is 0 Å². The third kappa shape index (κ3) is 10900. The molecular formula is O15V2-10. The summed E-state index contributed by atoms with van der Waals surface area (Å²) in [6.45, 7) is 0. The fraction of sp³-hybridized carbons (Fsp3) is 0. The van der Waals surface area contributed by atoms with E-state index in [-0.39, 0.29) is 37.1 Å². The Kier molecular flexibility index (Phi) is 329. The molecule has 0 spiro atoms. The van der Waals surface area contributed by atoms with E-state index in [9.17, 15) is 0 Å². The van der Waals surface area contributed by atoms with Crippen molar-refractivity contribution in [1.82, 2.24) is 0 Å². The van der Waals surface area contributed by atoms with Crippen molar-refractivity contribution in [3.05, 3.63) is 0 Å². The van der Waals surface area contributed by atoms with Crippen LogP contribution in [0.3, 0.4) is 0 Å². The first-order chi connectivity index (χ1) is 7.07. The van der Waals surface area contributed by atoms with E-state index in [1.54, 1.807) is 25.2 Å². The van der Waals surface area contributed by atoms with Crippen molar-refractivity contribution in [2.24, 2.45) is 0 Å². The molecule has 0 bridgehead atoms. The van der Waals surface area contributed by atoms with Crippen molar-refractivity contribution in [1.29, 1.82) is 0 Å². The number of hydrogen-bond donors (Lipinski definition) is 0. The van der Waals surface area contributed by atoms with Crippen LogP contribution in [0.2, 0.25) is 0 Å². The Morgan fingerprint density at radius 3 is 0.294 bits per heavy atom. The fourth-order valence-corrected chi connectivity index (χ4v) is 0. The summed E-state index contributed by atoms with van der Waals surface area (Å²) >= 11 is 0. The molecular weight excluding hydrogens is 342 g/mol. The normalized spacial score (nSPS) is 5.29. The van der Waals surface area contributed by atoms with Crippen LogP contribution in [0.25, 0.3) is 0 Å². The van der Waals surface area contributed by atoms with Crippen molar-refractivity contribution in [3.8, 4) is 0 Å². The first-order valence-corrected chi connectivity index (χ1v) is 1.67. The topological polar surface area (TPSA) is 277 Å². The van der Waals surface area contributed by atoms with Crippen molar-refractivity contribution >= 4 is 0 Å². The van der Waals surface area contributed by atoms with Crippen molar-refractivity contribution in [2.75, 3.05) is 0 Å². The van der Waals surface area contributed by atoms with Crippen molar-refractivity contribution in [3.63, 3.8) is 0 Å². The minimum atomic E-state index is 0. The number of rotatable bonds is 0. The van der Waals surface area contributed by atoms with Gasteiger partial charge in [0.2, 0.25) is 0 Å². The van der Waals surface area contributed by atoms with Gasteiger partial charge in [0, 0.05) is 37.1 Å². The molecule has 2 radical (unpaired) electrons. The van der Waals surface area contributed by atoms with Crippen LogP contribution in [0.5, 0.6) is 0 Å². The summed E-state index contributed by atoms with van der Waals surface area (Å²) < 4.78 is 0. The summed E-state index contributed by atoms with van der Waals surface area (Å²) in [4.78, 5) is 0. The van der Waals surface area contributed by atoms with Crippen LogP contribution in [-0.2, 0) is 62.3 Å². The van der Waals surface area contributed by atoms with E-state index in [2.05, 4.69) is 0 Å². The van der Waals surface area contributed by atoms with Crippen LogP contribution in [-0.4, -0.2) is 0 Å². The van der Waals surface area contributed by atoms with Gasteiger partial charge in [-0.05, 0) is 0 Å². The molecule has 17 heteroatoms. The molecule has 0 N–H and O–H groups in total. The van der Waals surface area contributed by atoms with Gasteiger partial charge < -0.3 is 77.8 Å². The molecule has 0 aliphatic carbocycles. The molecule has 0 aromatic heterocycles. The molecule has 0 aromatic rings. The van der Waals surface area contributed by atoms with Gasteiger partial charge in [-0.2, -0.15) is 0 Å². The summed E-state index contributed by atoms with van der Waals surface area (Å²) in [5.41, 5.74) is 0. The van der Waals surface area contributed by atoms with Gasteiger partial charge in [0.05, 0.1) is 0 Å². The quantitative estimate of drug-likeness (QED) is 0.291. The van der Waals surface area contributed by atoms with Gasteiger partial charge in [0.25, 0.3) is 0 Å². The second-order valence-corrected chi connectivity index (χ2v) is 0.340. The summed E-state index contributed by atoms with van der Waals surface area (Å²) in [5.74, 6) is 0. The Labute approximate surface area is 115 Å². The van der Waals surface area contributed by atoms with Gasteiger partial charge >= 0.3 is 0 Å². The van der Waals surface area contributed by atoms with E-state index in [0.717, 1.165) is 0 Å². The standard InChI is InChI=1S/5H2O3.2V/c5*1-3-2;;/h5*1-2H;;/p-10. The average molecular weight is 342 g/mol. The van der Waals surface area contributed by atoms with E-state index in [1.165, 1.54) is 0 Å². The molecule has 0 atom stereocenters. The maximum Gasteiger partial charge on any atom is 0 e. The first kappa shape index (κ1) is 43.2. The minimum Gasteiger partial charge on any atom is -0.734 e. The molecule has 17 heavy (non-hydrogen) atoms. The van der Waals surface area contributed by atoms with Crippen LogP contribution in [0.1, 0.15) is 0 Å². The molecule has 0 amide bonds. The summed E-state index contributed by atoms with van der Waals surface area (Å²) in [7, 11) is 0. The Morgan fingerprint density at radius 1 is 0.294 bits per heavy atom. The van der Waals surface area contributed by atoms with Gasteiger partial charge in [-0.3, -0.25) is 0 Å². The van der Waals surface area contributed by atoms with Crippen LogP contribution < -0.4 is 52.6 Å². The van der Waals surface area contributed by atoms with E-state index in [1.807, 2.05) is 0 Å². The smallest absolute Gasteiger partial charge is 0 e. The van der Waals surface area contributed by atoms with Crippen LogP contribution in [0.4, 0.5) is 0 Å². The SMILES string of the molecule is [O-]O[O-].[O-]O[O-].[O-]O[O-].[O-]O[O-].[O-]O[O-].[V].[V]. The van der Waals surface area contributed by atoms with Gasteiger partial charge in [0.15, 0.2) is 0 Å². The Hall–Kier alpha value is 0.569. The molecule has 0 saturated heterocycles. The van der Waals surface area contributed by atoms with Crippen LogP contribution >= 0.6 is 0 Å².